The lowest BCUT2D eigenvalue weighted by molar-refractivity contribution is 0.147. The first-order chi connectivity index (χ1) is 9.08. The molecule has 1 aliphatic heterocycles. The van der Waals surface area contributed by atoms with Crippen molar-refractivity contribution < 1.29 is 13.9 Å². The molecule has 0 amide bonds. The minimum atomic E-state index is -0.800. The highest BCUT2D eigenvalue weighted by Crippen LogP contribution is 2.23. The molecule has 0 aliphatic carbocycles. The van der Waals surface area contributed by atoms with Crippen molar-refractivity contribution in [1.82, 2.24) is 4.90 Å². The van der Waals surface area contributed by atoms with Crippen molar-refractivity contribution in [2.24, 2.45) is 5.92 Å². The third-order valence-corrected chi connectivity index (χ3v) is 3.94. The number of benzene rings is 1. The van der Waals surface area contributed by atoms with Crippen LogP contribution >= 0.6 is 0 Å². The predicted octanol–water partition coefficient (Wildman–Crippen LogP) is 3.12. The SMILES string of the molecule is CCC1CCN(CCC(O)c2cc(F)cc(F)c2)C1. The van der Waals surface area contributed by atoms with Gasteiger partial charge in [-0.15, -0.1) is 0 Å². The lowest BCUT2D eigenvalue weighted by Crippen LogP contribution is -2.23. The molecule has 2 atom stereocenters. The van der Waals surface area contributed by atoms with Gasteiger partial charge in [-0.3, -0.25) is 0 Å². The molecule has 106 valence electrons. The Bertz CT molecular complexity index is 404. The van der Waals surface area contributed by atoms with Crippen molar-refractivity contribution in [3.8, 4) is 0 Å². The molecule has 1 heterocycles. The van der Waals surface area contributed by atoms with Gasteiger partial charge in [0.1, 0.15) is 11.6 Å². The van der Waals surface area contributed by atoms with E-state index >= 15 is 0 Å². The standard InChI is InChI=1S/C15H21F2NO/c1-2-11-3-5-18(10-11)6-4-15(19)12-7-13(16)9-14(17)8-12/h7-9,11,15,19H,2-6,10H2,1H3. The maximum absolute atomic E-state index is 13.1. The summed E-state index contributed by atoms with van der Waals surface area (Å²) in [5.41, 5.74) is 0.323. The van der Waals surface area contributed by atoms with Gasteiger partial charge >= 0.3 is 0 Å². The largest absolute Gasteiger partial charge is 0.388 e. The van der Waals surface area contributed by atoms with Gasteiger partial charge in [-0.1, -0.05) is 13.3 Å². The van der Waals surface area contributed by atoms with Crippen LogP contribution < -0.4 is 0 Å². The Morgan fingerprint density at radius 2 is 2.00 bits per heavy atom. The zero-order valence-corrected chi connectivity index (χ0v) is 11.3. The monoisotopic (exact) mass is 269 g/mol. The van der Waals surface area contributed by atoms with Crippen molar-refractivity contribution in [2.75, 3.05) is 19.6 Å². The molecule has 0 aromatic heterocycles. The molecule has 4 heteroatoms. The van der Waals surface area contributed by atoms with E-state index in [0.29, 0.717) is 12.0 Å². The summed E-state index contributed by atoms with van der Waals surface area (Å²) in [6.45, 7) is 5.10. The molecule has 0 spiro atoms. The van der Waals surface area contributed by atoms with Crippen molar-refractivity contribution >= 4 is 0 Å². The molecule has 1 saturated heterocycles. The summed E-state index contributed by atoms with van der Waals surface area (Å²) >= 11 is 0. The van der Waals surface area contributed by atoms with Gasteiger partial charge in [-0.05, 0) is 43.0 Å². The lowest BCUT2D eigenvalue weighted by Gasteiger charge is -2.18. The number of nitrogens with zero attached hydrogens (tertiary/aromatic N) is 1. The fourth-order valence-corrected chi connectivity index (χ4v) is 2.69. The Morgan fingerprint density at radius 1 is 1.32 bits per heavy atom. The van der Waals surface area contributed by atoms with Crippen LogP contribution in [0.4, 0.5) is 8.78 Å². The quantitative estimate of drug-likeness (QED) is 0.887. The first-order valence-electron chi connectivity index (χ1n) is 6.95. The lowest BCUT2D eigenvalue weighted by atomic mass is 10.1. The maximum Gasteiger partial charge on any atom is 0.126 e. The molecule has 1 aromatic carbocycles. The van der Waals surface area contributed by atoms with E-state index in [1.54, 1.807) is 0 Å². The molecule has 1 fully saturated rings. The fourth-order valence-electron chi connectivity index (χ4n) is 2.69. The van der Waals surface area contributed by atoms with E-state index in [9.17, 15) is 13.9 Å². The van der Waals surface area contributed by atoms with Gasteiger partial charge in [0.2, 0.25) is 0 Å². The number of halogens is 2. The highest BCUT2D eigenvalue weighted by molar-refractivity contribution is 5.20. The van der Waals surface area contributed by atoms with E-state index < -0.39 is 17.7 Å². The first kappa shape index (κ1) is 14.4. The van der Waals surface area contributed by atoms with Gasteiger partial charge < -0.3 is 10.0 Å². The minimum Gasteiger partial charge on any atom is -0.388 e. The van der Waals surface area contributed by atoms with E-state index in [0.717, 1.165) is 31.6 Å². The molecular weight excluding hydrogens is 248 g/mol. The van der Waals surface area contributed by atoms with E-state index in [4.69, 9.17) is 0 Å². The predicted molar refractivity (Wildman–Crippen MR) is 70.8 cm³/mol. The smallest absolute Gasteiger partial charge is 0.126 e. The molecular formula is C15H21F2NO. The molecule has 1 aromatic rings. The summed E-state index contributed by atoms with van der Waals surface area (Å²) in [4.78, 5) is 2.31. The van der Waals surface area contributed by atoms with Crippen LogP contribution in [0.3, 0.4) is 0 Å². The average Bonchev–Trinajstić information content (AvgIpc) is 2.82. The van der Waals surface area contributed by atoms with Gasteiger partial charge in [0, 0.05) is 19.2 Å². The highest BCUT2D eigenvalue weighted by atomic mass is 19.1. The number of hydrogen-bond donors (Lipinski definition) is 1. The fraction of sp³-hybridized carbons (Fsp3) is 0.600. The first-order valence-corrected chi connectivity index (χ1v) is 6.95. The second-order valence-electron chi connectivity index (χ2n) is 5.37. The van der Waals surface area contributed by atoms with Crippen LogP contribution in [-0.2, 0) is 0 Å². The Kier molecular flexibility index (Phi) is 4.88. The molecule has 0 saturated carbocycles. The maximum atomic E-state index is 13.1. The number of rotatable bonds is 5. The highest BCUT2D eigenvalue weighted by Gasteiger charge is 2.21. The van der Waals surface area contributed by atoms with E-state index in [-0.39, 0.29) is 0 Å². The van der Waals surface area contributed by atoms with Gasteiger partial charge in [-0.2, -0.15) is 0 Å². The Hall–Kier alpha value is -1.00. The Morgan fingerprint density at radius 3 is 2.58 bits per heavy atom. The molecule has 1 aliphatic rings. The Labute approximate surface area is 113 Å². The normalized spacial score (nSPS) is 21.8. The second kappa shape index (κ2) is 6.44. The third kappa shape index (κ3) is 3.98. The summed E-state index contributed by atoms with van der Waals surface area (Å²) < 4.78 is 26.1. The third-order valence-electron chi connectivity index (χ3n) is 3.94. The van der Waals surface area contributed by atoms with Crippen LogP contribution in [0.25, 0.3) is 0 Å². The van der Waals surface area contributed by atoms with E-state index in [1.807, 2.05) is 0 Å². The average molecular weight is 269 g/mol. The van der Waals surface area contributed by atoms with Crippen LogP contribution in [-0.4, -0.2) is 29.6 Å². The van der Waals surface area contributed by atoms with Crippen LogP contribution in [0.5, 0.6) is 0 Å². The summed E-state index contributed by atoms with van der Waals surface area (Å²) in [5, 5.41) is 9.99. The number of aliphatic hydroxyl groups is 1. The Balaban J connectivity index is 1.85. The van der Waals surface area contributed by atoms with Crippen molar-refractivity contribution in [3.63, 3.8) is 0 Å². The van der Waals surface area contributed by atoms with Crippen LogP contribution in [0.2, 0.25) is 0 Å². The second-order valence-corrected chi connectivity index (χ2v) is 5.37. The van der Waals surface area contributed by atoms with Gasteiger partial charge in [-0.25, -0.2) is 8.78 Å². The molecule has 2 unspecified atom stereocenters. The zero-order chi connectivity index (χ0) is 13.8. The van der Waals surface area contributed by atoms with Gasteiger partial charge in [0.15, 0.2) is 0 Å². The minimum absolute atomic E-state index is 0.323. The molecule has 2 nitrogen and oxygen atoms in total. The molecule has 19 heavy (non-hydrogen) atoms. The molecule has 0 bridgehead atoms. The number of hydrogen-bond acceptors (Lipinski definition) is 2. The van der Waals surface area contributed by atoms with Crippen LogP contribution in [0, 0.1) is 17.6 Å². The number of likely N-dealkylation sites (tertiary alicyclic amines) is 1. The van der Waals surface area contributed by atoms with Crippen molar-refractivity contribution in [3.05, 3.63) is 35.4 Å². The number of aliphatic hydroxyl groups excluding tert-OH is 1. The van der Waals surface area contributed by atoms with E-state index in [1.165, 1.54) is 25.0 Å². The van der Waals surface area contributed by atoms with Crippen molar-refractivity contribution in [2.45, 2.75) is 32.3 Å². The molecule has 0 radical (unpaired) electrons. The topological polar surface area (TPSA) is 23.5 Å². The molecule has 2 rings (SSSR count). The van der Waals surface area contributed by atoms with Crippen LogP contribution in [0.15, 0.2) is 18.2 Å². The van der Waals surface area contributed by atoms with Gasteiger partial charge in [0.25, 0.3) is 0 Å². The summed E-state index contributed by atoms with van der Waals surface area (Å²) in [6, 6.07) is 3.22. The van der Waals surface area contributed by atoms with E-state index in [2.05, 4.69) is 11.8 Å². The van der Waals surface area contributed by atoms with Crippen molar-refractivity contribution in [1.29, 1.82) is 0 Å². The zero-order valence-electron chi connectivity index (χ0n) is 11.3. The van der Waals surface area contributed by atoms with Gasteiger partial charge in [0.05, 0.1) is 6.10 Å². The summed E-state index contributed by atoms with van der Waals surface area (Å²) in [6.07, 6.45) is 2.11. The summed E-state index contributed by atoms with van der Waals surface area (Å²) in [7, 11) is 0. The van der Waals surface area contributed by atoms with Crippen LogP contribution in [0.1, 0.15) is 37.9 Å². The summed E-state index contributed by atoms with van der Waals surface area (Å²) in [5.74, 6) is -0.522. The molecule has 1 N–H and O–H groups in total.